The lowest BCUT2D eigenvalue weighted by molar-refractivity contribution is 0.394. The standard InChI is InChI=1S/C17H17Br2NO3S/c1-23-14-7-4-12(5-8-14)16-3-2-10-20(16)24(21,22)17-11-13(18)6-9-15(17)19/h4-9,11,16H,2-3,10H2,1H3. The highest BCUT2D eigenvalue weighted by Gasteiger charge is 2.37. The summed E-state index contributed by atoms with van der Waals surface area (Å²) in [5, 5.41) is 0. The predicted molar refractivity (Wildman–Crippen MR) is 101 cm³/mol. The van der Waals surface area contributed by atoms with Crippen LogP contribution in [0, 0.1) is 0 Å². The molecule has 0 aromatic heterocycles. The zero-order valence-electron chi connectivity index (χ0n) is 13.1. The molecule has 0 aliphatic carbocycles. The van der Waals surface area contributed by atoms with Crippen molar-refractivity contribution >= 4 is 41.9 Å². The second kappa shape index (κ2) is 7.15. The van der Waals surface area contributed by atoms with Crippen LogP contribution in [-0.4, -0.2) is 26.4 Å². The smallest absolute Gasteiger partial charge is 0.244 e. The molecule has 0 saturated carbocycles. The molecule has 1 aliphatic rings. The number of methoxy groups -OCH3 is 1. The molecule has 0 spiro atoms. The molecule has 4 nitrogen and oxygen atoms in total. The van der Waals surface area contributed by atoms with E-state index in [4.69, 9.17) is 4.74 Å². The van der Waals surface area contributed by atoms with Crippen molar-refractivity contribution in [3.8, 4) is 5.75 Å². The van der Waals surface area contributed by atoms with Gasteiger partial charge in [0, 0.05) is 15.5 Å². The van der Waals surface area contributed by atoms with E-state index in [9.17, 15) is 8.42 Å². The van der Waals surface area contributed by atoms with Crippen molar-refractivity contribution in [1.29, 1.82) is 0 Å². The molecule has 24 heavy (non-hydrogen) atoms. The highest BCUT2D eigenvalue weighted by Crippen LogP contribution is 2.39. The SMILES string of the molecule is COc1ccc(C2CCCN2S(=O)(=O)c2cc(Br)ccc2Br)cc1. The minimum Gasteiger partial charge on any atom is -0.497 e. The monoisotopic (exact) mass is 473 g/mol. The third-order valence-electron chi connectivity index (χ3n) is 4.18. The molecule has 0 bridgehead atoms. The molecule has 0 radical (unpaired) electrons. The van der Waals surface area contributed by atoms with E-state index in [-0.39, 0.29) is 10.9 Å². The second-order valence-electron chi connectivity index (χ2n) is 5.62. The summed E-state index contributed by atoms with van der Waals surface area (Å²) in [4.78, 5) is 0.289. The molecule has 0 amide bonds. The number of ether oxygens (including phenoxy) is 1. The zero-order valence-corrected chi connectivity index (χ0v) is 17.1. The quantitative estimate of drug-likeness (QED) is 0.642. The topological polar surface area (TPSA) is 46.6 Å². The van der Waals surface area contributed by atoms with Crippen molar-refractivity contribution in [2.75, 3.05) is 13.7 Å². The minimum absolute atomic E-state index is 0.146. The summed E-state index contributed by atoms with van der Waals surface area (Å²) in [7, 11) is -1.96. The van der Waals surface area contributed by atoms with Crippen molar-refractivity contribution in [2.45, 2.75) is 23.8 Å². The molecular weight excluding hydrogens is 458 g/mol. The number of hydrogen-bond acceptors (Lipinski definition) is 3. The van der Waals surface area contributed by atoms with Crippen LogP contribution >= 0.6 is 31.9 Å². The summed E-state index contributed by atoms with van der Waals surface area (Å²) < 4.78 is 34.4. The van der Waals surface area contributed by atoms with Gasteiger partial charge in [-0.05, 0) is 64.7 Å². The second-order valence-corrected chi connectivity index (χ2v) is 9.25. The van der Waals surface area contributed by atoms with Gasteiger partial charge in [-0.2, -0.15) is 4.31 Å². The average Bonchev–Trinajstić information content (AvgIpc) is 3.07. The Balaban J connectivity index is 1.98. The summed E-state index contributed by atoms with van der Waals surface area (Å²) in [5.74, 6) is 0.765. The van der Waals surface area contributed by atoms with Crippen molar-refractivity contribution in [3.63, 3.8) is 0 Å². The Kier molecular flexibility index (Phi) is 5.34. The first-order chi connectivity index (χ1) is 11.4. The summed E-state index contributed by atoms with van der Waals surface area (Å²) >= 11 is 6.72. The largest absolute Gasteiger partial charge is 0.497 e. The molecule has 7 heteroatoms. The number of hydrogen-bond donors (Lipinski definition) is 0. The summed E-state index contributed by atoms with van der Waals surface area (Å²) in [5.41, 5.74) is 0.989. The average molecular weight is 475 g/mol. The van der Waals surface area contributed by atoms with Gasteiger partial charge in [0.15, 0.2) is 0 Å². The van der Waals surface area contributed by atoms with E-state index < -0.39 is 10.0 Å². The maximum absolute atomic E-state index is 13.2. The van der Waals surface area contributed by atoms with Crippen molar-refractivity contribution in [3.05, 3.63) is 57.0 Å². The first-order valence-electron chi connectivity index (χ1n) is 7.54. The van der Waals surface area contributed by atoms with E-state index in [0.29, 0.717) is 11.0 Å². The van der Waals surface area contributed by atoms with Gasteiger partial charge in [0.25, 0.3) is 0 Å². The Hall–Kier alpha value is -0.890. The zero-order chi connectivity index (χ0) is 17.3. The molecule has 1 unspecified atom stereocenters. The fourth-order valence-electron chi connectivity index (χ4n) is 2.99. The molecular formula is C17H17Br2NO3S. The van der Waals surface area contributed by atoms with Gasteiger partial charge in [0.1, 0.15) is 5.75 Å². The van der Waals surface area contributed by atoms with Crippen LogP contribution in [-0.2, 0) is 10.0 Å². The molecule has 2 aromatic carbocycles. The van der Waals surface area contributed by atoms with Crippen LogP contribution in [0.4, 0.5) is 0 Å². The number of sulfonamides is 1. The van der Waals surface area contributed by atoms with Gasteiger partial charge in [0.2, 0.25) is 10.0 Å². The molecule has 128 valence electrons. The van der Waals surface area contributed by atoms with E-state index in [1.165, 1.54) is 0 Å². The fraction of sp³-hybridized carbons (Fsp3) is 0.294. The van der Waals surface area contributed by atoms with Gasteiger partial charge >= 0.3 is 0 Å². The molecule has 1 atom stereocenters. The van der Waals surface area contributed by atoms with Crippen LogP contribution in [0.5, 0.6) is 5.75 Å². The molecule has 1 fully saturated rings. The van der Waals surface area contributed by atoms with Gasteiger partial charge in [-0.3, -0.25) is 0 Å². The van der Waals surface area contributed by atoms with E-state index in [2.05, 4.69) is 31.9 Å². The predicted octanol–water partition coefficient (Wildman–Crippen LogP) is 4.75. The van der Waals surface area contributed by atoms with E-state index >= 15 is 0 Å². The lowest BCUT2D eigenvalue weighted by Crippen LogP contribution is -2.31. The Morgan fingerprint density at radius 3 is 2.50 bits per heavy atom. The highest BCUT2D eigenvalue weighted by molar-refractivity contribution is 9.11. The summed E-state index contributed by atoms with van der Waals surface area (Å²) in [6, 6.07) is 12.7. The lowest BCUT2D eigenvalue weighted by Gasteiger charge is -2.25. The molecule has 1 aliphatic heterocycles. The van der Waals surface area contributed by atoms with Crippen LogP contribution in [0.15, 0.2) is 56.3 Å². The van der Waals surface area contributed by atoms with E-state index in [1.807, 2.05) is 30.3 Å². The maximum Gasteiger partial charge on any atom is 0.244 e. The lowest BCUT2D eigenvalue weighted by atomic mass is 10.1. The Morgan fingerprint density at radius 1 is 1.12 bits per heavy atom. The summed E-state index contributed by atoms with van der Waals surface area (Å²) in [6.07, 6.45) is 1.67. The normalized spacial score (nSPS) is 18.7. The molecule has 2 aromatic rings. The van der Waals surface area contributed by atoms with Crippen LogP contribution in [0.25, 0.3) is 0 Å². The van der Waals surface area contributed by atoms with E-state index in [1.54, 1.807) is 23.5 Å². The summed E-state index contributed by atoms with van der Waals surface area (Å²) in [6.45, 7) is 0.526. The minimum atomic E-state index is -3.58. The number of rotatable bonds is 4. The van der Waals surface area contributed by atoms with Gasteiger partial charge in [0.05, 0.1) is 18.0 Å². The molecule has 0 N–H and O–H groups in total. The van der Waals surface area contributed by atoms with Crippen molar-refractivity contribution in [1.82, 2.24) is 4.31 Å². The van der Waals surface area contributed by atoms with Gasteiger partial charge in [-0.1, -0.05) is 28.1 Å². The van der Waals surface area contributed by atoms with Crippen molar-refractivity contribution < 1.29 is 13.2 Å². The van der Waals surface area contributed by atoms with Gasteiger partial charge in [-0.25, -0.2) is 8.42 Å². The molecule has 1 saturated heterocycles. The van der Waals surface area contributed by atoms with Gasteiger partial charge < -0.3 is 4.74 Å². The van der Waals surface area contributed by atoms with Crippen LogP contribution in [0.2, 0.25) is 0 Å². The Bertz CT molecular complexity index is 837. The molecule has 3 rings (SSSR count). The first-order valence-corrected chi connectivity index (χ1v) is 10.6. The third-order valence-corrected chi connectivity index (χ3v) is 7.58. The van der Waals surface area contributed by atoms with Crippen LogP contribution in [0.3, 0.4) is 0 Å². The van der Waals surface area contributed by atoms with Crippen LogP contribution < -0.4 is 4.74 Å². The first kappa shape index (κ1) is 17.9. The highest BCUT2D eigenvalue weighted by atomic mass is 79.9. The Morgan fingerprint density at radius 2 is 1.83 bits per heavy atom. The number of halogens is 2. The van der Waals surface area contributed by atoms with Crippen LogP contribution in [0.1, 0.15) is 24.4 Å². The maximum atomic E-state index is 13.2. The van der Waals surface area contributed by atoms with Crippen molar-refractivity contribution in [2.24, 2.45) is 0 Å². The van der Waals surface area contributed by atoms with E-state index in [0.717, 1.165) is 28.6 Å². The Labute approximate surface area is 159 Å². The van der Waals surface area contributed by atoms with Gasteiger partial charge in [-0.15, -0.1) is 0 Å². The number of nitrogens with zero attached hydrogens (tertiary/aromatic N) is 1. The molecule has 1 heterocycles. The third kappa shape index (κ3) is 3.40. The fourth-order valence-corrected chi connectivity index (χ4v) is 6.14. The number of benzene rings is 2.